The van der Waals surface area contributed by atoms with Gasteiger partial charge in [0.25, 0.3) is 0 Å². The van der Waals surface area contributed by atoms with Crippen molar-refractivity contribution in [3.8, 4) is 0 Å². The van der Waals surface area contributed by atoms with Gasteiger partial charge in [0, 0.05) is 10.8 Å². The summed E-state index contributed by atoms with van der Waals surface area (Å²) in [4.78, 5) is 4.76. The molecule has 0 fully saturated rings. The summed E-state index contributed by atoms with van der Waals surface area (Å²) in [6.45, 7) is 0. The van der Waals surface area contributed by atoms with Crippen LogP contribution in [0, 0.1) is 0 Å². The van der Waals surface area contributed by atoms with Crippen LogP contribution in [0.3, 0.4) is 0 Å². The molecule has 0 aliphatic heterocycles. The second-order valence-corrected chi connectivity index (χ2v) is 7.52. The Hall–Kier alpha value is -3.53. The third-order valence-electron chi connectivity index (χ3n) is 5.52. The van der Waals surface area contributed by atoms with Crippen LogP contribution in [-0.4, -0.2) is 15.2 Å². The van der Waals surface area contributed by atoms with E-state index in [0.29, 0.717) is 0 Å². The summed E-state index contributed by atoms with van der Waals surface area (Å²) in [5.41, 5.74) is 5.13. The van der Waals surface area contributed by atoms with E-state index in [4.69, 9.17) is 4.98 Å². The van der Waals surface area contributed by atoms with Crippen molar-refractivity contribution >= 4 is 21.8 Å². The molecular formula is C27H21NO2. The van der Waals surface area contributed by atoms with Gasteiger partial charge in [-0.1, -0.05) is 72.8 Å². The topological polar surface area (TPSA) is 53.4 Å². The van der Waals surface area contributed by atoms with Crippen molar-refractivity contribution in [3.63, 3.8) is 0 Å². The summed E-state index contributed by atoms with van der Waals surface area (Å²) in [5.74, 6) is 0. The lowest BCUT2D eigenvalue weighted by Crippen LogP contribution is -2.00. The van der Waals surface area contributed by atoms with Crippen molar-refractivity contribution in [3.05, 3.63) is 125 Å². The number of hydrogen-bond acceptors (Lipinski definition) is 3. The molecule has 0 saturated carbocycles. The van der Waals surface area contributed by atoms with Crippen molar-refractivity contribution < 1.29 is 10.2 Å². The van der Waals surface area contributed by atoms with Gasteiger partial charge in [-0.2, -0.15) is 0 Å². The molecule has 1 aromatic heterocycles. The highest BCUT2D eigenvalue weighted by Crippen LogP contribution is 2.29. The van der Waals surface area contributed by atoms with Crippen LogP contribution in [0.2, 0.25) is 0 Å². The average molecular weight is 391 g/mol. The van der Waals surface area contributed by atoms with Gasteiger partial charge in [0.05, 0.1) is 11.0 Å². The fraction of sp³-hybridized carbons (Fsp3) is 0.0741. The van der Waals surface area contributed by atoms with Crippen LogP contribution in [0.1, 0.15) is 34.5 Å². The molecule has 0 aliphatic carbocycles. The Morgan fingerprint density at radius 1 is 0.467 bits per heavy atom. The van der Waals surface area contributed by atoms with E-state index in [0.717, 1.165) is 44.1 Å². The van der Waals surface area contributed by atoms with Crippen LogP contribution in [0.5, 0.6) is 0 Å². The van der Waals surface area contributed by atoms with Gasteiger partial charge < -0.3 is 10.2 Å². The van der Waals surface area contributed by atoms with Crippen LogP contribution in [0.15, 0.2) is 103 Å². The van der Waals surface area contributed by atoms with E-state index in [1.165, 1.54) is 0 Å². The maximum absolute atomic E-state index is 10.8. The van der Waals surface area contributed by atoms with Crippen LogP contribution in [0.25, 0.3) is 21.8 Å². The van der Waals surface area contributed by atoms with Crippen molar-refractivity contribution in [1.29, 1.82) is 0 Å². The van der Waals surface area contributed by atoms with Gasteiger partial charge >= 0.3 is 0 Å². The minimum atomic E-state index is -0.683. The lowest BCUT2D eigenvalue weighted by Gasteiger charge is -2.14. The van der Waals surface area contributed by atoms with Gasteiger partial charge in [-0.3, -0.25) is 0 Å². The van der Waals surface area contributed by atoms with Gasteiger partial charge in [0.2, 0.25) is 0 Å². The van der Waals surface area contributed by atoms with Crippen molar-refractivity contribution in [2.24, 2.45) is 0 Å². The number of hydrogen-bond donors (Lipinski definition) is 2. The Morgan fingerprint density at radius 3 is 1.33 bits per heavy atom. The smallest absolute Gasteiger partial charge is 0.104 e. The summed E-state index contributed by atoms with van der Waals surface area (Å²) in [7, 11) is 0. The van der Waals surface area contributed by atoms with Crippen LogP contribution in [0.4, 0.5) is 0 Å². The molecule has 0 spiro atoms. The molecule has 0 saturated heterocycles. The highest BCUT2D eigenvalue weighted by atomic mass is 16.3. The molecule has 2 atom stereocenters. The SMILES string of the molecule is OC(c1ccccc1)c1ccc2nc3ccc(C(O)c4ccccc4)cc3cc2c1. The Kier molecular flexibility index (Phi) is 4.75. The lowest BCUT2D eigenvalue weighted by molar-refractivity contribution is 0.220. The molecule has 5 rings (SSSR count). The number of aliphatic hydroxyl groups is 2. The first-order chi connectivity index (χ1) is 14.7. The molecule has 30 heavy (non-hydrogen) atoms. The molecule has 5 aromatic rings. The zero-order chi connectivity index (χ0) is 20.5. The molecule has 0 amide bonds. The number of nitrogens with zero attached hydrogens (tertiary/aromatic N) is 1. The highest BCUT2D eigenvalue weighted by Gasteiger charge is 2.13. The minimum absolute atomic E-state index is 0.683. The Morgan fingerprint density at radius 2 is 0.900 bits per heavy atom. The maximum Gasteiger partial charge on any atom is 0.104 e. The van der Waals surface area contributed by atoms with Gasteiger partial charge in [0.15, 0.2) is 0 Å². The van der Waals surface area contributed by atoms with Gasteiger partial charge in [-0.05, 0) is 52.6 Å². The van der Waals surface area contributed by atoms with E-state index in [-0.39, 0.29) is 0 Å². The first-order valence-corrected chi connectivity index (χ1v) is 9.99. The van der Waals surface area contributed by atoms with E-state index >= 15 is 0 Å². The summed E-state index contributed by atoms with van der Waals surface area (Å²) in [6, 6.07) is 33.0. The average Bonchev–Trinajstić information content (AvgIpc) is 2.82. The number of aromatic nitrogens is 1. The third kappa shape index (κ3) is 3.45. The molecule has 0 bridgehead atoms. The molecule has 146 valence electrons. The molecule has 2 N–H and O–H groups in total. The number of pyridine rings is 1. The van der Waals surface area contributed by atoms with Gasteiger partial charge in [0.1, 0.15) is 12.2 Å². The molecule has 2 unspecified atom stereocenters. The monoisotopic (exact) mass is 391 g/mol. The van der Waals surface area contributed by atoms with Crippen LogP contribution < -0.4 is 0 Å². The zero-order valence-electron chi connectivity index (χ0n) is 16.3. The molecule has 3 heteroatoms. The van der Waals surface area contributed by atoms with E-state index in [1.54, 1.807) is 0 Å². The summed E-state index contributed by atoms with van der Waals surface area (Å²) >= 11 is 0. The van der Waals surface area contributed by atoms with Crippen molar-refractivity contribution in [2.75, 3.05) is 0 Å². The van der Waals surface area contributed by atoms with E-state index in [2.05, 4.69) is 6.07 Å². The Labute approximate surface area is 174 Å². The van der Waals surface area contributed by atoms with Gasteiger partial charge in [-0.15, -0.1) is 0 Å². The molecular weight excluding hydrogens is 370 g/mol. The highest BCUT2D eigenvalue weighted by molar-refractivity contribution is 5.93. The predicted molar refractivity (Wildman–Crippen MR) is 120 cm³/mol. The van der Waals surface area contributed by atoms with E-state index < -0.39 is 12.2 Å². The number of rotatable bonds is 4. The molecule has 3 nitrogen and oxygen atoms in total. The number of benzene rings is 4. The van der Waals surface area contributed by atoms with Crippen LogP contribution in [-0.2, 0) is 0 Å². The first kappa shape index (κ1) is 18.5. The van der Waals surface area contributed by atoms with Crippen LogP contribution >= 0.6 is 0 Å². The molecule has 0 aliphatic rings. The zero-order valence-corrected chi connectivity index (χ0v) is 16.3. The van der Waals surface area contributed by atoms with E-state index in [1.807, 2.05) is 97.1 Å². The normalized spacial score (nSPS) is 13.4. The fourth-order valence-electron chi connectivity index (χ4n) is 3.87. The third-order valence-corrected chi connectivity index (χ3v) is 5.52. The van der Waals surface area contributed by atoms with Crippen molar-refractivity contribution in [2.45, 2.75) is 12.2 Å². The summed E-state index contributed by atoms with van der Waals surface area (Å²) in [6.07, 6.45) is -1.37. The van der Waals surface area contributed by atoms with Crippen molar-refractivity contribution in [1.82, 2.24) is 4.98 Å². The minimum Gasteiger partial charge on any atom is -0.384 e. The van der Waals surface area contributed by atoms with Gasteiger partial charge in [-0.25, -0.2) is 4.98 Å². The number of fused-ring (bicyclic) bond motifs is 2. The summed E-state index contributed by atoms with van der Waals surface area (Å²) < 4.78 is 0. The Balaban J connectivity index is 1.56. The quantitative estimate of drug-likeness (QED) is 0.395. The lowest BCUT2D eigenvalue weighted by atomic mass is 9.97. The molecule has 4 aromatic carbocycles. The number of aliphatic hydroxyl groups excluding tert-OH is 2. The summed E-state index contributed by atoms with van der Waals surface area (Å²) in [5, 5.41) is 23.4. The van der Waals surface area contributed by atoms with E-state index in [9.17, 15) is 10.2 Å². The molecule has 1 heterocycles. The predicted octanol–water partition coefficient (Wildman–Crippen LogP) is 5.55. The fourth-order valence-corrected chi connectivity index (χ4v) is 3.87. The maximum atomic E-state index is 10.8. The second kappa shape index (κ2) is 7.71. The standard InChI is InChI=1S/C27H21NO2/c29-26(18-7-3-1-4-8-18)20-11-13-24-22(15-20)17-23-16-21(12-14-25(23)28-24)27(30)19-9-5-2-6-10-19/h1-17,26-27,29-30H. The molecule has 0 radical (unpaired) electrons. The second-order valence-electron chi connectivity index (χ2n) is 7.52. The largest absolute Gasteiger partial charge is 0.384 e. The first-order valence-electron chi connectivity index (χ1n) is 9.99. The Bertz CT molecular complexity index is 1220.